The molecule has 0 aliphatic heterocycles. The molecule has 0 fully saturated rings. The number of hydrogen-bond donors (Lipinski definition) is 0. The highest BCUT2D eigenvalue weighted by molar-refractivity contribution is 6.10. The third kappa shape index (κ3) is 8.31. The molecular formula is C78H47F6NO3. The lowest BCUT2D eigenvalue weighted by atomic mass is 9.67. The summed E-state index contributed by atoms with van der Waals surface area (Å²) in [5.41, 5.74) is 5.65. The summed E-state index contributed by atoms with van der Waals surface area (Å²) >= 11 is 0. The number of halogens is 6. The summed E-state index contributed by atoms with van der Waals surface area (Å²) in [7, 11) is 0. The molecule has 15 rings (SSSR count). The van der Waals surface area contributed by atoms with Gasteiger partial charge in [0.1, 0.15) is 63.5 Å². The van der Waals surface area contributed by atoms with Crippen molar-refractivity contribution in [2.75, 3.05) is 4.90 Å². The molecule has 0 saturated carbocycles. The zero-order valence-electron chi connectivity index (χ0n) is 46.7. The van der Waals surface area contributed by atoms with E-state index in [1.54, 1.807) is 60.7 Å². The summed E-state index contributed by atoms with van der Waals surface area (Å²) in [5, 5.41) is 1.63. The summed E-state index contributed by atoms with van der Waals surface area (Å²) in [6.45, 7) is 7.69. The van der Waals surface area contributed by atoms with Crippen molar-refractivity contribution in [3.8, 4) is 45.3 Å². The standard InChI is InChI=1S/C78H47F6NO3/c1-3-46-20-30-54(31-21-46)86-56-34-24-48(25-35-56)77(74-68(81)40-50(79)41-69(74)82)64-16-8-5-12-58(64)60-38-28-52(44-66(60)77)85(72-18-11-15-63-62-14-7-10-19-73(62)88-76(63)72)53-29-39-61-59-13-6-9-17-65(59)78(67(61)45-53,75-70(83)42-51(80)43-71(75)84)49-26-36-57(37-27-49)87-55-32-22-47(4-2)23-33-55/h3-45H,1-2H2. The second-order valence-corrected chi connectivity index (χ2v) is 21.9. The van der Waals surface area contributed by atoms with Crippen LogP contribution in [-0.4, -0.2) is 0 Å². The molecule has 12 aromatic carbocycles. The largest absolute Gasteiger partial charge is 0.457 e. The lowest BCUT2D eigenvalue weighted by molar-refractivity contribution is 0.481. The molecular weight excluding hydrogens is 1110 g/mol. The van der Waals surface area contributed by atoms with E-state index >= 15 is 26.3 Å². The Bertz CT molecular complexity index is 4680. The second-order valence-electron chi connectivity index (χ2n) is 21.9. The van der Waals surface area contributed by atoms with Crippen LogP contribution in [0, 0.1) is 34.9 Å². The molecule has 0 bridgehead atoms. The van der Waals surface area contributed by atoms with Crippen molar-refractivity contribution in [2.45, 2.75) is 10.8 Å². The lowest BCUT2D eigenvalue weighted by Crippen LogP contribution is -2.32. The number of furan rings is 1. The van der Waals surface area contributed by atoms with Gasteiger partial charge in [-0.05, 0) is 152 Å². The number of nitrogens with zero attached hydrogens (tertiary/aromatic N) is 1. The van der Waals surface area contributed by atoms with Gasteiger partial charge in [-0.3, -0.25) is 0 Å². The van der Waals surface area contributed by atoms with E-state index in [-0.39, 0.29) is 0 Å². The predicted molar refractivity (Wildman–Crippen MR) is 336 cm³/mol. The number of fused-ring (bicyclic) bond motifs is 9. The number of ether oxygens (including phenoxy) is 2. The average molecular weight is 1160 g/mol. The number of anilines is 3. The van der Waals surface area contributed by atoms with Crippen LogP contribution < -0.4 is 14.4 Å². The number of para-hydroxylation sites is 2. The SMILES string of the molecule is C=Cc1ccc(Oc2ccc(C3(c4c(F)cc(F)cc4F)c4ccccc4-c4ccc(N(c5ccc6c(c5)C(c5ccc(Oc7ccc(C=C)cc7)cc5)(c5c(F)cc(F)cc5F)c5ccccc5-6)c5cccc6c5oc5ccccc56)cc43)cc2)cc1. The van der Waals surface area contributed by atoms with Gasteiger partial charge in [-0.25, -0.2) is 26.3 Å². The molecule has 2 unspecified atom stereocenters. The minimum absolute atomic E-state index is 0.401. The van der Waals surface area contributed by atoms with Gasteiger partial charge in [-0.15, -0.1) is 0 Å². The molecule has 0 saturated heterocycles. The second kappa shape index (κ2) is 20.9. The molecule has 2 atom stereocenters. The monoisotopic (exact) mass is 1160 g/mol. The van der Waals surface area contributed by atoms with Crippen molar-refractivity contribution >= 4 is 51.2 Å². The fraction of sp³-hybridized carbons (Fsp3) is 0.0256. The minimum Gasteiger partial charge on any atom is -0.457 e. The van der Waals surface area contributed by atoms with Crippen LogP contribution in [0.3, 0.4) is 0 Å². The Morgan fingerprint density at radius 1 is 0.364 bits per heavy atom. The van der Waals surface area contributed by atoms with E-state index in [1.807, 2.05) is 181 Å². The third-order valence-electron chi connectivity index (χ3n) is 17.2. The Morgan fingerprint density at radius 3 is 1.19 bits per heavy atom. The quantitative estimate of drug-likeness (QED) is 0.108. The number of hydrogen-bond acceptors (Lipinski definition) is 4. The highest BCUT2D eigenvalue weighted by Gasteiger charge is 2.52. The predicted octanol–water partition coefficient (Wildman–Crippen LogP) is 21.5. The van der Waals surface area contributed by atoms with E-state index in [4.69, 9.17) is 13.9 Å². The van der Waals surface area contributed by atoms with Crippen molar-refractivity contribution < 1.29 is 40.2 Å². The van der Waals surface area contributed by atoms with Gasteiger partial charge in [0, 0.05) is 57.5 Å². The normalized spacial score (nSPS) is 15.3. The summed E-state index contributed by atoms with van der Waals surface area (Å²) < 4.78 is 120. The minimum atomic E-state index is -1.78. The van der Waals surface area contributed by atoms with Crippen LogP contribution in [0.1, 0.15) is 55.6 Å². The van der Waals surface area contributed by atoms with Crippen molar-refractivity contribution in [3.63, 3.8) is 0 Å². The van der Waals surface area contributed by atoms with Gasteiger partial charge < -0.3 is 18.8 Å². The number of rotatable bonds is 13. The first kappa shape index (κ1) is 53.6. The smallest absolute Gasteiger partial charge is 0.159 e. The third-order valence-corrected chi connectivity index (χ3v) is 17.2. The molecule has 1 aromatic heterocycles. The van der Waals surface area contributed by atoms with E-state index in [2.05, 4.69) is 13.2 Å². The molecule has 1 heterocycles. The molecule has 2 aliphatic rings. The fourth-order valence-electron chi connectivity index (χ4n) is 13.6. The molecule has 13 aromatic rings. The van der Waals surface area contributed by atoms with E-state index < -0.39 is 56.9 Å². The highest BCUT2D eigenvalue weighted by atomic mass is 19.2. The molecule has 0 N–H and O–H groups in total. The average Bonchev–Trinajstić information content (AvgIpc) is 1.51. The Balaban J connectivity index is 0.985. The molecule has 88 heavy (non-hydrogen) atoms. The van der Waals surface area contributed by atoms with Gasteiger partial charge in [0.15, 0.2) is 5.58 Å². The number of benzene rings is 12. The zero-order valence-corrected chi connectivity index (χ0v) is 46.7. The van der Waals surface area contributed by atoms with E-state index in [0.29, 0.717) is 131 Å². The van der Waals surface area contributed by atoms with Gasteiger partial charge >= 0.3 is 0 Å². The first-order chi connectivity index (χ1) is 43.0. The van der Waals surface area contributed by atoms with E-state index in [9.17, 15) is 0 Å². The van der Waals surface area contributed by atoms with Gasteiger partial charge in [0.2, 0.25) is 0 Å². The molecule has 10 heteroatoms. The molecule has 0 amide bonds. The van der Waals surface area contributed by atoms with Crippen LogP contribution in [0.4, 0.5) is 43.4 Å². The zero-order chi connectivity index (χ0) is 60.0. The van der Waals surface area contributed by atoms with Gasteiger partial charge in [0.05, 0.1) is 16.5 Å². The lowest BCUT2D eigenvalue weighted by Gasteiger charge is -2.36. The van der Waals surface area contributed by atoms with E-state index in [0.717, 1.165) is 21.9 Å². The Hall–Kier alpha value is -11.1. The van der Waals surface area contributed by atoms with Crippen molar-refractivity contribution in [1.29, 1.82) is 0 Å². The van der Waals surface area contributed by atoms with Crippen molar-refractivity contribution in [2.24, 2.45) is 0 Å². The molecule has 2 aliphatic carbocycles. The first-order valence-corrected chi connectivity index (χ1v) is 28.5. The summed E-state index contributed by atoms with van der Waals surface area (Å²) in [6, 6.07) is 71.3. The van der Waals surface area contributed by atoms with Crippen LogP contribution in [-0.2, 0) is 10.8 Å². The van der Waals surface area contributed by atoms with Crippen LogP contribution >= 0.6 is 0 Å². The summed E-state index contributed by atoms with van der Waals surface area (Å²) in [5.74, 6) is -4.57. The van der Waals surface area contributed by atoms with Crippen LogP contribution in [0.15, 0.2) is 266 Å². The van der Waals surface area contributed by atoms with Crippen LogP contribution in [0.5, 0.6) is 23.0 Å². The van der Waals surface area contributed by atoms with Crippen LogP contribution in [0.25, 0.3) is 56.3 Å². The molecule has 424 valence electrons. The Labute approximate surface area is 502 Å². The van der Waals surface area contributed by atoms with Gasteiger partial charge in [0.25, 0.3) is 0 Å². The maximum Gasteiger partial charge on any atom is 0.159 e. The van der Waals surface area contributed by atoms with Gasteiger partial charge in [-0.2, -0.15) is 0 Å². The highest BCUT2D eigenvalue weighted by Crippen LogP contribution is 2.61. The maximum absolute atomic E-state index is 17.4. The fourth-order valence-corrected chi connectivity index (χ4v) is 13.6. The summed E-state index contributed by atoms with van der Waals surface area (Å²) in [6.07, 6.45) is 3.46. The summed E-state index contributed by atoms with van der Waals surface area (Å²) in [4.78, 5) is 1.96. The van der Waals surface area contributed by atoms with Crippen LogP contribution in [0.2, 0.25) is 0 Å². The molecule has 0 spiro atoms. The van der Waals surface area contributed by atoms with E-state index in [1.165, 1.54) is 0 Å². The van der Waals surface area contributed by atoms with Crippen molar-refractivity contribution in [3.05, 3.63) is 352 Å². The molecule has 0 radical (unpaired) electrons. The van der Waals surface area contributed by atoms with Crippen molar-refractivity contribution in [1.82, 2.24) is 0 Å². The maximum atomic E-state index is 17.4. The van der Waals surface area contributed by atoms with Gasteiger partial charge in [-0.1, -0.05) is 165 Å². The molecule has 4 nitrogen and oxygen atoms in total. The topological polar surface area (TPSA) is 34.8 Å². The Kier molecular flexibility index (Phi) is 12.7. The first-order valence-electron chi connectivity index (χ1n) is 28.5. The Morgan fingerprint density at radius 2 is 0.750 bits per heavy atom.